The number of anilines is 1. The third kappa shape index (κ3) is 6.91. The molecule has 1 aromatic carbocycles. The lowest BCUT2D eigenvalue weighted by molar-refractivity contribution is -0.192. The summed E-state index contributed by atoms with van der Waals surface area (Å²) >= 11 is 8.28. The molecule has 3 aromatic heterocycles. The highest BCUT2D eigenvalue weighted by molar-refractivity contribution is 7.99. The van der Waals surface area contributed by atoms with Gasteiger partial charge in [0.1, 0.15) is 28.9 Å². The van der Waals surface area contributed by atoms with Gasteiger partial charge in [-0.2, -0.15) is 13.2 Å². The highest BCUT2D eigenvalue weighted by Crippen LogP contribution is 2.43. The summed E-state index contributed by atoms with van der Waals surface area (Å²) in [4.78, 5) is 34.9. The van der Waals surface area contributed by atoms with E-state index in [9.17, 15) is 13.2 Å². The Bertz CT molecular complexity index is 1680. The third-order valence-electron chi connectivity index (χ3n) is 6.54. The van der Waals surface area contributed by atoms with Gasteiger partial charge >= 0.3 is 12.1 Å². The van der Waals surface area contributed by atoms with Gasteiger partial charge in [-0.25, -0.2) is 24.7 Å². The average molecular weight is 633 g/mol. The molecular weight excluding hydrogens is 609 g/mol. The molecule has 43 heavy (non-hydrogen) atoms. The van der Waals surface area contributed by atoms with Gasteiger partial charge in [0.05, 0.1) is 36.5 Å². The second kappa shape index (κ2) is 12.6. The minimum absolute atomic E-state index is 0.0678. The molecule has 0 spiro atoms. The van der Waals surface area contributed by atoms with E-state index in [0.29, 0.717) is 10.8 Å². The van der Waals surface area contributed by atoms with Crippen molar-refractivity contribution in [2.24, 2.45) is 0 Å². The summed E-state index contributed by atoms with van der Waals surface area (Å²) in [6.07, 6.45) is 1.69. The van der Waals surface area contributed by atoms with E-state index in [4.69, 9.17) is 40.9 Å². The Morgan fingerprint density at radius 3 is 2.44 bits per heavy atom. The predicted molar refractivity (Wildman–Crippen MR) is 154 cm³/mol. The number of carboxylic acid groups (broad SMARTS) is 1. The number of carbonyl (C=O) groups is 1. The molecule has 15 heteroatoms. The number of pyridine rings is 1. The highest BCUT2D eigenvalue weighted by Gasteiger charge is 2.38. The van der Waals surface area contributed by atoms with E-state index in [1.54, 1.807) is 25.7 Å². The van der Waals surface area contributed by atoms with E-state index in [0.717, 1.165) is 69.9 Å². The zero-order chi connectivity index (χ0) is 30.7. The van der Waals surface area contributed by atoms with Crippen LogP contribution in [0.4, 0.5) is 19.0 Å². The van der Waals surface area contributed by atoms with Crippen molar-refractivity contribution in [3.63, 3.8) is 0 Å². The molecule has 4 heterocycles. The van der Waals surface area contributed by atoms with Crippen molar-refractivity contribution in [2.45, 2.75) is 42.1 Å². The van der Waals surface area contributed by atoms with Crippen molar-refractivity contribution in [3.8, 4) is 11.5 Å². The number of rotatable bonds is 7. The fourth-order valence-corrected chi connectivity index (χ4v) is 5.54. The van der Waals surface area contributed by atoms with Gasteiger partial charge in [0.25, 0.3) is 0 Å². The molecule has 10 nitrogen and oxygen atoms in total. The molecule has 2 aliphatic rings. The molecule has 1 N–H and O–H groups in total. The Hall–Kier alpha value is -4.17. The summed E-state index contributed by atoms with van der Waals surface area (Å²) in [7, 11) is 1.65. The number of benzene rings is 1. The first kappa shape index (κ1) is 30.3. The monoisotopic (exact) mass is 632 g/mol. The number of halogens is 4. The number of allylic oxidation sites excluding steroid dienone is 1. The van der Waals surface area contributed by atoms with E-state index in [1.165, 1.54) is 17.3 Å². The zero-order valence-corrected chi connectivity index (χ0v) is 24.4. The van der Waals surface area contributed by atoms with Crippen LogP contribution >= 0.6 is 23.4 Å². The van der Waals surface area contributed by atoms with Gasteiger partial charge in [-0.1, -0.05) is 18.5 Å². The second-order valence-corrected chi connectivity index (χ2v) is 10.8. The fraction of sp³-hybridized carbons (Fsp3) is 0.286. The number of fused-ring (bicyclic) bond motifs is 2. The number of methoxy groups -OCH3 is 1. The van der Waals surface area contributed by atoms with Crippen LogP contribution in [0.1, 0.15) is 24.6 Å². The Kier molecular flexibility index (Phi) is 8.87. The van der Waals surface area contributed by atoms with Crippen LogP contribution in [0.3, 0.4) is 0 Å². The van der Waals surface area contributed by atoms with Gasteiger partial charge < -0.3 is 19.5 Å². The highest BCUT2D eigenvalue weighted by atomic mass is 35.5. The van der Waals surface area contributed by atoms with Gasteiger partial charge in [-0.05, 0) is 54.1 Å². The lowest BCUT2D eigenvalue weighted by Crippen LogP contribution is -2.54. The molecule has 0 bridgehead atoms. The molecule has 224 valence electrons. The zero-order valence-electron chi connectivity index (χ0n) is 22.8. The molecule has 0 saturated carbocycles. The minimum Gasteiger partial charge on any atom is -0.497 e. The molecule has 1 aliphatic carbocycles. The van der Waals surface area contributed by atoms with E-state index in [1.807, 2.05) is 30.3 Å². The number of hydrogen-bond donors (Lipinski definition) is 1. The summed E-state index contributed by atoms with van der Waals surface area (Å²) in [5.74, 6) is -0.268. The first-order valence-electron chi connectivity index (χ1n) is 12.9. The number of hydrogen-bond acceptors (Lipinski definition) is 10. The Morgan fingerprint density at radius 2 is 1.79 bits per heavy atom. The maximum Gasteiger partial charge on any atom is 0.490 e. The SMILES string of the molecule is CCC1=C(Cl)c2c(nc(Sc3cnc4nccnc4c3)nc2N2CC(Oc3ccc(OC)cc3)C2)C1.O=C(O)C(F)(F)F. The van der Waals surface area contributed by atoms with Crippen molar-refractivity contribution < 1.29 is 32.5 Å². The molecule has 0 atom stereocenters. The van der Waals surface area contributed by atoms with E-state index < -0.39 is 12.1 Å². The summed E-state index contributed by atoms with van der Waals surface area (Å²) in [5.41, 5.74) is 4.46. The van der Waals surface area contributed by atoms with Crippen molar-refractivity contribution >= 4 is 51.3 Å². The largest absolute Gasteiger partial charge is 0.497 e. The maximum absolute atomic E-state index is 10.6. The molecular formula is C28H24ClF3N6O4S. The summed E-state index contributed by atoms with van der Waals surface area (Å²) in [6.45, 7) is 3.56. The summed E-state index contributed by atoms with van der Waals surface area (Å²) in [5, 5.41) is 8.57. The van der Waals surface area contributed by atoms with Gasteiger partial charge in [-0.15, -0.1) is 0 Å². The standard InChI is InChI=1S/C26H23ClN6O2S.C2HF3O2/c1-3-15-10-20-22(23(15)27)25(33-13-18(14-33)35-17-6-4-16(34-2)5-7-17)32-26(31-20)36-19-11-21-24(30-12-19)29-9-8-28-21;3-2(4,5)1(6)7/h4-9,11-12,18H,3,10,13-14H2,1-2H3;(H,6,7). The maximum atomic E-state index is 10.6. The normalized spacial score (nSPS) is 14.6. The lowest BCUT2D eigenvalue weighted by Gasteiger charge is -2.40. The Morgan fingerprint density at radius 1 is 1.12 bits per heavy atom. The van der Waals surface area contributed by atoms with Crippen LogP contribution in [-0.2, 0) is 11.2 Å². The van der Waals surface area contributed by atoms with Crippen LogP contribution in [0.25, 0.3) is 16.2 Å². The Balaban J connectivity index is 0.000000472. The molecule has 0 amide bonds. The van der Waals surface area contributed by atoms with E-state index >= 15 is 0 Å². The molecule has 0 unspecified atom stereocenters. The molecule has 1 aliphatic heterocycles. The van der Waals surface area contributed by atoms with Gasteiger partial charge in [0.2, 0.25) is 0 Å². The van der Waals surface area contributed by atoms with Crippen LogP contribution in [0, 0.1) is 0 Å². The summed E-state index contributed by atoms with van der Waals surface area (Å²) < 4.78 is 43.1. The number of aromatic nitrogens is 5. The van der Waals surface area contributed by atoms with Gasteiger partial charge in [-0.3, -0.25) is 4.98 Å². The molecule has 0 radical (unpaired) electrons. The number of ether oxygens (including phenoxy) is 2. The number of carboxylic acids is 1. The number of alkyl halides is 3. The average Bonchev–Trinajstić information content (AvgIpc) is 3.29. The quantitative estimate of drug-likeness (QED) is 0.249. The van der Waals surface area contributed by atoms with Crippen molar-refractivity contribution in [2.75, 3.05) is 25.1 Å². The van der Waals surface area contributed by atoms with Crippen molar-refractivity contribution in [3.05, 3.63) is 65.8 Å². The smallest absolute Gasteiger partial charge is 0.490 e. The van der Waals surface area contributed by atoms with E-state index in [2.05, 4.69) is 26.8 Å². The molecule has 1 saturated heterocycles. The van der Waals surface area contributed by atoms with Crippen LogP contribution in [-0.4, -0.2) is 68.5 Å². The van der Waals surface area contributed by atoms with Crippen molar-refractivity contribution in [1.29, 1.82) is 0 Å². The van der Waals surface area contributed by atoms with E-state index in [-0.39, 0.29) is 6.10 Å². The van der Waals surface area contributed by atoms with Crippen LogP contribution in [0.15, 0.2) is 64.5 Å². The third-order valence-corrected chi connectivity index (χ3v) is 7.82. The van der Waals surface area contributed by atoms with Crippen LogP contribution < -0.4 is 14.4 Å². The Labute approximate surface area is 253 Å². The minimum atomic E-state index is -5.08. The molecule has 1 fully saturated rings. The summed E-state index contributed by atoms with van der Waals surface area (Å²) in [6, 6.07) is 9.61. The molecule has 6 rings (SSSR count). The van der Waals surface area contributed by atoms with Crippen LogP contribution in [0.5, 0.6) is 11.5 Å². The first-order chi connectivity index (χ1) is 20.5. The number of nitrogens with zero attached hydrogens (tertiary/aromatic N) is 6. The second-order valence-electron chi connectivity index (χ2n) is 9.39. The topological polar surface area (TPSA) is 123 Å². The molecule has 4 aromatic rings. The fourth-order valence-electron chi connectivity index (χ4n) is 4.37. The van der Waals surface area contributed by atoms with Gasteiger partial charge in [0.15, 0.2) is 10.8 Å². The lowest BCUT2D eigenvalue weighted by atomic mass is 10.1. The van der Waals surface area contributed by atoms with Crippen LogP contribution in [0.2, 0.25) is 0 Å². The predicted octanol–water partition coefficient (Wildman–Crippen LogP) is 5.79. The number of aliphatic carboxylic acids is 1. The van der Waals surface area contributed by atoms with Gasteiger partial charge in [0, 0.05) is 29.9 Å². The first-order valence-corrected chi connectivity index (χ1v) is 14.1. The van der Waals surface area contributed by atoms with Crippen molar-refractivity contribution in [1.82, 2.24) is 24.9 Å².